The summed E-state index contributed by atoms with van der Waals surface area (Å²) in [5.41, 5.74) is 0. The van der Waals surface area contributed by atoms with Crippen molar-refractivity contribution in [2.75, 3.05) is 13.1 Å². The molecule has 0 saturated carbocycles. The van der Waals surface area contributed by atoms with Crippen molar-refractivity contribution in [1.29, 1.82) is 0 Å². The van der Waals surface area contributed by atoms with Gasteiger partial charge in [-0.2, -0.15) is 9.29 Å². The topological polar surface area (TPSA) is 105 Å². The Morgan fingerprint density at radius 2 is 2.19 bits per heavy atom. The fourth-order valence-electron chi connectivity index (χ4n) is 2.93. The van der Waals surface area contributed by atoms with Gasteiger partial charge < -0.3 is 9.84 Å². The Kier molecular flexibility index (Phi) is 5.44. The summed E-state index contributed by atoms with van der Waals surface area (Å²) < 4.78 is 32.4. The number of aryl methyl sites for hydroxylation is 2. The number of rotatable bonds is 5. The molecule has 2 unspecified atom stereocenters. The molecular formula is C16H22N4O4S2. The number of hydrogen-bond acceptors (Lipinski definition) is 7. The lowest BCUT2D eigenvalue weighted by Crippen LogP contribution is -2.45. The normalized spacial score (nSPS) is 20.0. The molecule has 0 aliphatic carbocycles. The van der Waals surface area contributed by atoms with Gasteiger partial charge >= 0.3 is 0 Å². The quantitative estimate of drug-likeness (QED) is 0.826. The van der Waals surface area contributed by atoms with Crippen LogP contribution < -0.4 is 5.32 Å². The third kappa shape index (κ3) is 3.97. The second-order valence-corrected chi connectivity index (χ2v) is 9.93. The molecule has 1 aliphatic heterocycles. The molecule has 26 heavy (non-hydrogen) atoms. The van der Waals surface area contributed by atoms with E-state index in [0.29, 0.717) is 35.3 Å². The van der Waals surface area contributed by atoms with Gasteiger partial charge in [-0.1, -0.05) is 5.16 Å². The number of piperidine rings is 1. The van der Waals surface area contributed by atoms with Gasteiger partial charge in [0.25, 0.3) is 10.0 Å². The van der Waals surface area contributed by atoms with E-state index in [1.165, 1.54) is 15.6 Å². The monoisotopic (exact) mass is 398 g/mol. The summed E-state index contributed by atoms with van der Waals surface area (Å²) in [6.45, 7) is 5.95. The number of sulfonamides is 1. The van der Waals surface area contributed by atoms with Crippen molar-refractivity contribution in [2.45, 2.75) is 43.9 Å². The average Bonchev–Trinajstić information content (AvgIpc) is 3.24. The minimum absolute atomic E-state index is 0.181. The van der Waals surface area contributed by atoms with E-state index in [2.05, 4.69) is 15.5 Å². The van der Waals surface area contributed by atoms with Crippen molar-refractivity contribution in [1.82, 2.24) is 19.8 Å². The van der Waals surface area contributed by atoms with Gasteiger partial charge in [-0.25, -0.2) is 8.42 Å². The molecule has 142 valence electrons. The Morgan fingerprint density at radius 3 is 2.81 bits per heavy atom. The standard InChI is InChI=1S/C16H22N4O4S2/c1-10-6-7-14(25-10)26(22,23)20-8-4-5-13(9-20)15(21)17-11(2)16-18-12(3)19-24-16/h6-7,11,13H,4-5,8-9H2,1-3H3,(H,17,21). The van der Waals surface area contributed by atoms with Gasteiger partial charge in [0.2, 0.25) is 11.8 Å². The highest BCUT2D eigenvalue weighted by molar-refractivity contribution is 7.91. The zero-order valence-corrected chi connectivity index (χ0v) is 16.6. The molecular weight excluding hydrogens is 376 g/mol. The first-order valence-electron chi connectivity index (χ1n) is 8.44. The number of hydrogen-bond donors (Lipinski definition) is 1. The molecule has 2 atom stereocenters. The van der Waals surface area contributed by atoms with Gasteiger partial charge in [0.05, 0.1) is 5.92 Å². The largest absolute Gasteiger partial charge is 0.344 e. The van der Waals surface area contributed by atoms with Crippen LogP contribution in [0.15, 0.2) is 20.9 Å². The molecule has 0 aromatic carbocycles. The van der Waals surface area contributed by atoms with Crippen LogP contribution in [0, 0.1) is 19.8 Å². The lowest BCUT2D eigenvalue weighted by molar-refractivity contribution is -0.126. The number of nitrogens with one attached hydrogen (secondary N) is 1. The molecule has 10 heteroatoms. The lowest BCUT2D eigenvalue weighted by Gasteiger charge is -2.31. The lowest BCUT2D eigenvalue weighted by atomic mass is 9.98. The molecule has 3 rings (SSSR count). The molecule has 0 bridgehead atoms. The number of thiophene rings is 1. The summed E-state index contributed by atoms with van der Waals surface area (Å²) in [4.78, 5) is 17.6. The van der Waals surface area contributed by atoms with Crippen molar-refractivity contribution in [2.24, 2.45) is 5.92 Å². The summed E-state index contributed by atoms with van der Waals surface area (Å²) >= 11 is 1.25. The predicted octanol–water partition coefficient (Wildman–Crippen LogP) is 2.03. The number of carbonyl (C=O) groups is 1. The van der Waals surface area contributed by atoms with Crippen LogP contribution >= 0.6 is 11.3 Å². The van der Waals surface area contributed by atoms with Crippen LogP contribution in [0.1, 0.15) is 42.4 Å². The van der Waals surface area contributed by atoms with Gasteiger partial charge in [-0.3, -0.25) is 4.79 Å². The first-order chi connectivity index (χ1) is 12.3. The SMILES string of the molecule is Cc1noc(C(C)NC(=O)C2CCCN(S(=O)(=O)c3ccc(C)s3)C2)n1. The molecule has 1 amide bonds. The van der Waals surface area contributed by atoms with Crippen LogP contribution in [0.4, 0.5) is 0 Å². The van der Waals surface area contributed by atoms with E-state index >= 15 is 0 Å². The van der Waals surface area contributed by atoms with Crippen LogP contribution in [0.2, 0.25) is 0 Å². The number of carbonyl (C=O) groups excluding carboxylic acids is 1. The Balaban J connectivity index is 1.67. The van der Waals surface area contributed by atoms with E-state index < -0.39 is 22.0 Å². The van der Waals surface area contributed by atoms with Crippen LogP contribution in [-0.2, 0) is 14.8 Å². The van der Waals surface area contributed by atoms with Gasteiger partial charge in [0, 0.05) is 18.0 Å². The number of amides is 1. The molecule has 0 spiro atoms. The van der Waals surface area contributed by atoms with E-state index in [4.69, 9.17) is 4.52 Å². The molecule has 8 nitrogen and oxygen atoms in total. The summed E-state index contributed by atoms with van der Waals surface area (Å²) in [6, 6.07) is 2.99. The summed E-state index contributed by atoms with van der Waals surface area (Å²) in [5.74, 6) is 0.245. The minimum Gasteiger partial charge on any atom is -0.344 e. The maximum Gasteiger partial charge on any atom is 0.252 e. The number of nitrogens with zero attached hydrogens (tertiary/aromatic N) is 3. The number of aromatic nitrogens is 2. The first kappa shape index (κ1) is 19.0. The van der Waals surface area contributed by atoms with Crippen LogP contribution in [-0.4, -0.2) is 41.9 Å². The molecule has 0 radical (unpaired) electrons. The Bertz CT molecular complexity index is 890. The summed E-state index contributed by atoms with van der Waals surface area (Å²) in [5, 5.41) is 6.55. The summed E-state index contributed by atoms with van der Waals surface area (Å²) in [7, 11) is -3.55. The Hall–Kier alpha value is -1.78. The predicted molar refractivity (Wildman–Crippen MR) is 96.1 cm³/mol. The van der Waals surface area contributed by atoms with Crippen molar-refractivity contribution in [3.63, 3.8) is 0 Å². The van der Waals surface area contributed by atoms with Crippen LogP contribution in [0.3, 0.4) is 0 Å². The molecule has 1 N–H and O–H groups in total. The fourth-order valence-corrected chi connectivity index (χ4v) is 5.90. The molecule has 2 aromatic heterocycles. The van der Waals surface area contributed by atoms with Crippen molar-refractivity contribution in [3.8, 4) is 0 Å². The fraction of sp³-hybridized carbons (Fsp3) is 0.562. The van der Waals surface area contributed by atoms with E-state index in [0.717, 1.165) is 4.88 Å². The summed E-state index contributed by atoms with van der Waals surface area (Å²) in [6.07, 6.45) is 1.30. The van der Waals surface area contributed by atoms with E-state index in [1.807, 2.05) is 6.92 Å². The van der Waals surface area contributed by atoms with Gasteiger partial charge in [-0.05, 0) is 45.7 Å². The highest BCUT2D eigenvalue weighted by atomic mass is 32.2. The Morgan fingerprint density at radius 1 is 1.42 bits per heavy atom. The third-order valence-corrected chi connectivity index (χ3v) is 7.67. The van der Waals surface area contributed by atoms with Gasteiger partial charge in [-0.15, -0.1) is 11.3 Å². The second-order valence-electron chi connectivity index (χ2n) is 6.48. The minimum atomic E-state index is -3.55. The van der Waals surface area contributed by atoms with Crippen molar-refractivity contribution < 1.29 is 17.7 Å². The molecule has 1 fully saturated rings. The molecule has 1 aliphatic rings. The average molecular weight is 399 g/mol. The van der Waals surface area contributed by atoms with Crippen molar-refractivity contribution >= 4 is 27.3 Å². The first-order valence-corrected chi connectivity index (χ1v) is 10.7. The molecule has 1 saturated heterocycles. The smallest absolute Gasteiger partial charge is 0.252 e. The molecule has 2 aromatic rings. The zero-order valence-electron chi connectivity index (χ0n) is 14.9. The zero-order chi connectivity index (χ0) is 18.9. The molecule has 3 heterocycles. The maximum atomic E-state index is 12.8. The van der Waals surface area contributed by atoms with Gasteiger partial charge in [0.15, 0.2) is 5.82 Å². The Labute approximate surface area is 156 Å². The van der Waals surface area contributed by atoms with Gasteiger partial charge in [0.1, 0.15) is 10.3 Å². The third-order valence-electron chi connectivity index (χ3n) is 4.34. The highest BCUT2D eigenvalue weighted by Gasteiger charge is 2.34. The van der Waals surface area contributed by atoms with E-state index in [-0.39, 0.29) is 12.5 Å². The van der Waals surface area contributed by atoms with E-state index in [1.54, 1.807) is 26.0 Å². The second kappa shape index (κ2) is 7.45. The maximum absolute atomic E-state index is 12.8. The van der Waals surface area contributed by atoms with Crippen LogP contribution in [0.5, 0.6) is 0 Å². The van der Waals surface area contributed by atoms with E-state index in [9.17, 15) is 13.2 Å². The van der Waals surface area contributed by atoms with Crippen LogP contribution in [0.25, 0.3) is 0 Å². The van der Waals surface area contributed by atoms with Crippen molar-refractivity contribution in [3.05, 3.63) is 28.7 Å². The highest BCUT2D eigenvalue weighted by Crippen LogP contribution is 2.28.